The van der Waals surface area contributed by atoms with Crippen LogP contribution in [0.3, 0.4) is 0 Å². The van der Waals surface area contributed by atoms with Crippen LogP contribution in [-0.4, -0.2) is 59.3 Å². The van der Waals surface area contributed by atoms with Gasteiger partial charge in [-0.3, -0.25) is 4.90 Å². The average Bonchev–Trinajstić information content (AvgIpc) is 3.03. The minimum atomic E-state index is 0.349. The van der Waals surface area contributed by atoms with E-state index in [4.69, 9.17) is 4.52 Å². The summed E-state index contributed by atoms with van der Waals surface area (Å²) in [7, 11) is 1.94. The Balaban J connectivity index is 1.49. The summed E-state index contributed by atoms with van der Waals surface area (Å²) in [6.45, 7) is 6.70. The van der Waals surface area contributed by atoms with Gasteiger partial charge in [-0.05, 0) is 26.1 Å². The maximum Gasteiger partial charge on any atom is 0.240 e. The number of aromatic nitrogens is 3. The van der Waals surface area contributed by atoms with Crippen LogP contribution in [0.5, 0.6) is 0 Å². The van der Waals surface area contributed by atoms with Crippen molar-refractivity contribution >= 4 is 5.82 Å². The Kier molecular flexibility index (Phi) is 5.19. The summed E-state index contributed by atoms with van der Waals surface area (Å²) < 4.78 is 5.37. The van der Waals surface area contributed by atoms with Gasteiger partial charge in [-0.25, -0.2) is 4.98 Å². The molecular weight excluding hydrogens is 292 g/mol. The van der Waals surface area contributed by atoms with Crippen LogP contribution in [0, 0.1) is 0 Å². The lowest BCUT2D eigenvalue weighted by Gasteiger charge is -2.34. The van der Waals surface area contributed by atoms with E-state index in [1.165, 1.54) is 0 Å². The number of anilines is 1. The molecule has 0 saturated carbocycles. The van der Waals surface area contributed by atoms with Crippen LogP contribution in [0.1, 0.15) is 18.6 Å². The zero-order chi connectivity index (χ0) is 16.1. The minimum Gasteiger partial charge on any atom is -0.354 e. The van der Waals surface area contributed by atoms with Crippen LogP contribution >= 0.6 is 0 Å². The maximum atomic E-state index is 5.37. The molecule has 0 bridgehead atoms. The van der Waals surface area contributed by atoms with Gasteiger partial charge >= 0.3 is 0 Å². The van der Waals surface area contributed by atoms with Crippen molar-refractivity contribution in [3.63, 3.8) is 0 Å². The Hall–Kier alpha value is -1.99. The second-order valence-corrected chi connectivity index (χ2v) is 5.95. The predicted octanol–water partition coefficient (Wildman–Crippen LogP) is 0.937. The van der Waals surface area contributed by atoms with Crippen molar-refractivity contribution in [1.82, 2.24) is 25.3 Å². The van der Waals surface area contributed by atoms with Gasteiger partial charge in [0.15, 0.2) is 5.82 Å². The highest BCUT2D eigenvalue weighted by Crippen LogP contribution is 2.14. The van der Waals surface area contributed by atoms with Gasteiger partial charge in [0.25, 0.3) is 0 Å². The topological polar surface area (TPSA) is 70.3 Å². The molecule has 1 aliphatic rings. The number of pyridine rings is 1. The third-order valence-electron chi connectivity index (χ3n) is 4.20. The number of hydrogen-bond acceptors (Lipinski definition) is 7. The highest BCUT2D eigenvalue weighted by Gasteiger charge is 2.20. The molecule has 0 aromatic carbocycles. The Morgan fingerprint density at radius 2 is 2.09 bits per heavy atom. The predicted molar refractivity (Wildman–Crippen MR) is 88.3 cm³/mol. The summed E-state index contributed by atoms with van der Waals surface area (Å²) in [5.41, 5.74) is 0. The third-order valence-corrected chi connectivity index (χ3v) is 4.20. The molecule has 1 aliphatic heterocycles. The second-order valence-electron chi connectivity index (χ2n) is 5.95. The summed E-state index contributed by atoms with van der Waals surface area (Å²) >= 11 is 0. The van der Waals surface area contributed by atoms with Gasteiger partial charge in [0.1, 0.15) is 5.82 Å². The van der Waals surface area contributed by atoms with E-state index in [0.717, 1.165) is 50.8 Å². The zero-order valence-electron chi connectivity index (χ0n) is 13.8. The van der Waals surface area contributed by atoms with Crippen molar-refractivity contribution in [1.29, 1.82) is 0 Å². The van der Waals surface area contributed by atoms with Crippen molar-refractivity contribution < 1.29 is 4.52 Å². The molecule has 7 nitrogen and oxygen atoms in total. The van der Waals surface area contributed by atoms with Crippen LogP contribution in [-0.2, 0) is 13.0 Å². The minimum absolute atomic E-state index is 0.349. The van der Waals surface area contributed by atoms with Gasteiger partial charge in [-0.15, -0.1) is 0 Å². The SMILES string of the molecule is CNC(C)Cc1noc(CN2CCN(c3ccccn3)CC2)n1. The Labute approximate surface area is 136 Å². The lowest BCUT2D eigenvalue weighted by Crippen LogP contribution is -2.46. The number of hydrogen-bond donors (Lipinski definition) is 1. The highest BCUT2D eigenvalue weighted by atomic mass is 16.5. The van der Waals surface area contributed by atoms with Crippen molar-refractivity contribution in [3.8, 4) is 0 Å². The summed E-state index contributed by atoms with van der Waals surface area (Å²) in [4.78, 5) is 13.6. The number of piperazine rings is 1. The van der Waals surface area contributed by atoms with Gasteiger partial charge in [0.05, 0.1) is 6.54 Å². The molecule has 1 fully saturated rings. The molecule has 0 amide bonds. The fourth-order valence-corrected chi connectivity index (χ4v) is 2.68. The van der Waals surface area contributed by atoms with Crippen molar-refractivity contribution in [2.45, 2.75) is 25.9 Å². The lowest BCUT2D eigenvalue weighted by molar-refractivity contribution is 0.215. The molecule has 1 N–H and O–H groups in total. The van der Waals surface area contributed by atoms with Crippen LogP contribution in [0.25, 0.3) is 0 Å². The van der Waals surface area contributed by atoms with E-state index in [-0.39, 0.29) is 0 Å². The first-order valence-corrected chi connectivity index (χ1v) is 8.11. The standard InChI is InChI=1S/C16H24N6O/c1-13(17-2)11-14-19-16(23-20-14)12-21-7-9-22(10-8-21)15-5-3-4-6-18-15/h3-6,13,17H,7-12H2,1-2H3. The van der Waals surface area contributed by atoms with Crippen molar-refractivity contribution in [2.24, 2.45) is 0 Å². The second kappa shape index (κ2) is 7.52. The normalized spacial score (nSPS) is 17.4. The van der Waals surface area contributed by atoms with Gasteiger partial charge in [-0.1, -0.05) is 11.2 Å². The van der Waals surface area contributed by atoms with E-state index < -0.39 is 0 Å². The molecule has 1 atom stereocenters. The van der Waals surface area contributed by atoms with Crippen LogP contribution in [0.2, 0.25) is 0 Å². The quantitative estimate of drug-likeness (QED) is 0.850. The average molecular weight is 316 g/mol. The van der Waals surface area contributed by atoms with Gasteiger partial charge in [0, 0.05) is 44.8 Å². The number of rotatable bonds is 6. The van der Waals surface area contributed by atoms with E-state index in [2.05, 4.69) is 43.2 Å². The maximum absolute atomic E-state index is 5.37. The Bertz CT molecular complexity index is 594. The molecule has 0 aliphatic carbocycles. The van der Waals surface area contributed by atoms with Crippen molar-refractivity contribution in [2.75, 3.05) is 38.1 Å². The summed E-state index contributed by atoms with van der Waals surface area (Å²) in [5, 5.41) is 7.24. The largest absolute Gasteiger partial charge is 0.354 e. The van der Waals surface area contributed by atoms with Gasteiger partial charge in [-0.2, -0.15) is 4.98 Å². The van der Waals surface area contributed by atoms with Crippen LogP contribution in [0.15, 0.2) is 28.9 Å². The summed E-state index contributed by atoms with van der Waals surface area (Å²) in [5.74, 6) is 2.52. The Morgan fingerprint density at radius 3 is 2.78 bits per heavy atom. The van der Waals surface area contributed by atoms with Crippen LogP contribution < -0.4 is 10.2 Å². The molecular formula is C16H24N6O. The third kappa shape index (κ3) is 4.27. The van der Waals surface area contributed by atoms with E-state index >= 15 is 0 Å². The first-order valence-electron chi connectivity index (χ1n) is 8.11. The number of nitrogens with one attached hydrogen (secondary N) is 1. The van der Waals surface area contributed by atoms with Crippen LogP contribution in [0.4, 0.5) is 5.82 Å². The molecule has 3 rings (SSSR count). The molecule has 23 heavy (non-hydrogen) atoms. The van der Waals surface area contributed by atoms with E-state index in [0.29, 0.717) is 11.9 Å². The van der Waals surface area contributed by atoms with Gasteiger partial charge in [0.2, 0.25) is 5.89 Å². The molecule has 2 aromatic heterocycles. The molecule has 2 aromatic rings. The fraction of sp³-hybridized carbons (Fsp3) is 0.562. The Morgan fingerprint density at radius 1 is 1.26 bits per heavy atom. The smallest absolute Gasteiger partial charge is 0.240 e. The number of nitrogens with zero attached hydrogens (tertiary/aromatic N) is 5. The monoisotopic (exact) mass is 316 g/mol. The molecule has 1 saturated heterocycles. The van der Waals surface area contributed by atoms with Gasteiger partial charge < -0.3 is 14.7 Å². The summed E-state index contributed by atoms with van der Waals surface area (Å²) in [6.07, 6.45) is 2.63. The number of likely N-dealkylation sites (N-methyl/N-ethyl adjacent to an activating group) is 1. The summed E-state index contributed by atoms with van der Waals surface area (Å²) in [6, 6.07) is 6.38. The molecule has 1 unspecified atom stereocenters. The fourth-order valence-electron chi connectivity index (χ4n) is 2.68. The van der Waals surface area contributed by atoms with E-state index in [9.17, 15) is 0 Å². The molecule has 3 heterocycles. The lowest BCUT2D eigenvalue weighted by atomic mass is 10.2. The zero-order valence-corrected chi connectivity index (χ0v) is 13.8. The van der Waals surface area contributed by atoms with E-state index in [1.54, 1.807) is 0 Å². The molecule has 0 spiro atoms. The highest BCUT2D eigenvalue weighted by molar-refractivity contribution is 5.38. The van der Waals surface area contributed by atoms with E-state index in [1.807, 2.05) is 25.4 Å². The molecule has 7 heteroatoms. The van der Waals surface area contributed by atoms with Crippen molar-refractivity contribution in [3.05, 3.63) is 36.1 Å². The first kappa shape index (κ1) is 15.9. The molecule has 0 radical (unpaired) electrons. The molecule has 124 valence electrons. The first-order chi connectivity index (χ1) is 11.2.